The number of anilines is 1. The van der Waals surface area contributed by atoms with Crippen LogP contribution in [0.5, 0.6) is 0 Å². The minimum absolute atomic E-state index is 0.218. The van der Waals surface area contributed by atoms with E-state index < -0.39 is 0 Å². The Hall–Kier alpha value is -1.39. The van der Waals surface area contributed by atoms with Crippen molar-refractivity contribution >= 4 is 17.0 Å². The van der Waals surface area contributed by atoms with Crippen LogP contribution < -0.4 is 5.73 Å². The molecule has 1 aliphatic rings. The number of ether oxygens (including phenoxy) is 1. The first-order valence-corrected chi connectivity index (χ1v) is 7.52. The van der Waals surface area contributed by atoms with Gasteiger partial charge in [0.1, 0.15) is 10.6 Å². The molecule has 1 saturated heterocycles. The summed E-state index contributed by atoms with van der Waals surface area (Å²) in [6.45, 7) is 2.97. The zero-order valence-corrected chi connectivity index (χ0v) is 11.9. The van der Waals surface area contributed by atoms with Crippen LogP contribution in [0.3, 0.4) is 0 Å². The van der Waals surface area contributed by atoms with Crippen LogP contribution in [0.1, 0.15) is 31.2 Å². The van der Waals surface area contributed by atoms with Crippen LogP contribution in [0.15, 0.2) is 29.6 Å². The van der Waals surface area contributed by atoms with E-state index in [0.29, 0.717) is 0 Å². The molecular weight excluding hydrogens is 256 g/mol. The standard InChI is InChI=1S/C15H18N2OS/c1-15(8-4-5-9-18-15)14-17-13(10-19-14)11-6-2-3-7-12(11)16/h2-3,6-7,10H,4-5,8-9,16H2,1H3. The fourth-order valence-corrected chi connectivity index (χ4v) is 3.44. The zero-order valence-electron chi connectivity index (χ0n) is 11.1. The predicted octanol–water partition coefficient (Wildman–Crippen LogP) is 3.81. The topological polar surface area (TPSA) is 48.1 Å². The Morgan fingerprint density at radius 1 is 1.32 bits per heavy atom. The number of nitrogen functional groups attached to an aromatic ring is 1. The van der Waals surface area contributed by atoms with E-state index in [2.05, 4.69) is 12.3 Å². The lowest BCUT2D eigenvalue weighted by Crippen LogP contribution is -2.29. The minimum atomic E-state index is -0.218. The molecular formula is C15H18N2OS. The Labute approximate surface area is 117 Å². The predicted molar refractivity (Wildman–Crippen MR) is 79.1 cm³/mol. The molecule has 19 heavy (non-hydrogen) atoms. The summed E-state index contributed by atoms with van der Waals surface area (Å²) in [6.07, 6.45) is 3.41. The van der Waals surface area contributed by atoms with Crippen LogP contribution in [0.25, 0.3) is 11.3 Å². The Bertz CT molecular complexity index is 573. The number of rotatable bonds is 2. The SMILES string of the molecule is CC1(c2nc(-c3ccccc3N)cs2)CCCCO1. The molecule has 0 saturated carbocycles. The van der Waals surface area contributed by atoms with Crippen LogP contribution in [-0.2, 0) is 10.3 Å². The highest BCUT2D eigenvalue weighted by atomic mass is 32.1. The van der Waals surface area contributed by atoms with Gasteiger partial charge in [0.25, 0.3) is 0 Å². The van der Waals surface area contributed by atoms with Crippen molar-refractivity contribution in [1.29, 1.82) is 0 Å². The third kappa shape index (κ3) is 2.38. The molecule has 1 aliphatic heterocycles. The van der Waals surface area contributed by atoms with Gasteiger partial charge in [-0.1, -0.05) is 18.2 Å². The van der Waals surface area contributed by atoms with E-state index in [9.17, 15) is 0 Å². The van der Waals surface area contributed by atoms with Crippen molar-refractivity contribution < 1.29 is 4.74 Å². The van der Waals surface area contributed by atoms with Crippen LogP contribution in [0, 0.1) is 0 Å². The first-order valence-electron chi connectivity index (χ1n) is 6.64. The summed E-state index contributed by atoms with van der Waals surface area (Å²) < 4.78 is 5.95. The Kier molecular flexibility index (Phi) is 3.29. The minimum Gasteiger partial charge on any atom is -0.398 e. The number of nitrogens with two attached hydrogens (primary N) is 1. The summed E-state index contributed by atoms with van der Waals surface area (Å²) >= 11 is 1.67. The van der Waals surface area contributed by atoms with E-state index >= 15 is 0 Å². The van der Waals surface area contributed by atoms with E-state index in [1.54, 1.807) is 11.3 Å². The number of benzene rings is 1. The second kappa shape index (κ2) is 4.94. The monoisotopic (exact) mass is 274 g/mol. The van der Waals surface area contributed by atoms with Crippen LogP contribution in [-0.4, -0.2) is 11.6 Å². The molecule has 0 amide bonds. The van der Waals surface area contributed by atoms with Gasteiger partial charge in [0.2, 0.25) is 0 Å². The van der Waals surface area contributed by atoms with E-state index in [1.165, 1.54) is 6.42 Å². The molecule has 2 N–H and O–H groups in total. The number of aromatic nitrogens is 1. The molecule has 2 aromatic rings. The molecule has 1 atom stereocenters. The molecule has 0 bridgehead atoms. The lowest BCUT2D eigenvalue weighted by Gasteiger charge is -2.31. The molecule has 1 aromatic carbocycles. The summed E-state index contributed by atoms with van der Waals surface area (Å²) in [5.74, 6) is 0. The molecule has 1 unspecified atom stereocenters. The van der Waals surface area contributed by atoms with Gasteiger partial charge in [-0.05, 0) is 32.3 Å². The molecule has 0 radical (unpaired) electrons. The largest absolute Gasteiger partial charge is 0.398 e. The molecule has 0 aliphatic carbocycles. The van der Waals surface area contributed by atoms with Gasteiger partial charge in [-0.15, -0.1) is 11.3 Å². The molecule has 1 fully saturated rings. The van der Waals surface area contributed by atoms with E-state index in [-0.39, 0.29) is 5.60 Å². The van der Waals surface area contributed by atoms with Crippen molar-refractivity contribution in [2.24, 2.45) is 0 Å². The van der Waals surface area contributed by atoms with Gasteiger partial charge in [-0.3, -0.25) is 0 Å². The van der Waals surface area contributed by atoms with Crippen LogP contribution in [0.4, 0.5) is 5.69 Å². The summed E-state index contributed by atoms with van der Waals surface area (Å²) in [6, 6.07) is 7.85. The normalized spacial score (nSPS) is 23.4. The highest BCUT2D eigenvalue weighted by molar-refractivity contribution is 7.10. The Balaban J connectivity index is 1.93. The number of nitrogens with zero attached hydrogens (tertiary/aromatic N) is 1. The summed E-state index contributed by atoms with van der Waals surface area (Å²) in [4.78, 5) is 4.75. The third-order valence-electron chi connectivity index (χ3n) is 3.66. The molecule has 0 spiro atoms. The van der Waals surface area contributed by atoms with Crippen molar-refractivity contribution in [1.82, 2.24) is 4.98 Å². The van der Waals surface area contributed by atoms with E-state index in [1.807, 2.05) is 24.3 Å². The maximum atomic E-state index is 6.01. The van der Waals surface area contributed by atoms with Crippen molar-refractivity contribution in [3.8, 4) is 11.3 Å². The Morgan fingerprint density at radius 2 is 2.16 bits per heavy atom. The second-order valence-electron chi connectivity index (χ2n) is 5.16. The summed E-state index contributed by atoms with van der Waals surface area (Å²) in [5, 5.41) is 3.13. The van der Waals surface area contributed by atoms with E-state index in [4.69, 9.17) is 15.5 Å². The second-order valence-corrected chi connectivity index (χ2v) is 6.02. The van der Waals surface area contributed by atoms with Gasteiger partial charge in [-0.25, -0.2) is 4.98 Å². The quantitative estimate of drug-likeness (QED) is 0.847. The average molecular weight is 274 g/mol. The van der Waals surface area contributed by atoms with Crippen molar-refractivity contribution in [3.63, 3.8) is 0 Å². The fraction of sp³-hybridized carbons (Fsp3) is 0.400. The first kappa shape index (κ1) is 12.6. The van der Waals surface area contributed by atoms with Gasteiger partial charge < -0.3 is 10.5 Å². The van der Waals surface area contributed by atoms with Gasteiger partial charge in [0.15, 0.2) is 0 Å². The van der Waals surface area contributed by atoms with Crippen molar-refractivity contribution in [2.45, 2.75) is 31.8 Å². The van der Waals surface area contributed by atoms with E-state index in [0.717, 1.165) is 41.4 Å². The summed E-state index contributed by atoms with van der Waals surface area (Å²) in [5.41, 5.74) is 8.52. The maximum absolute atomic E-state index is 6.01. The molecule has 2 heterocycles. The smallest absolute Gasteiger partial charge is 0.125 e. The first-order chi connectivity index (χ1) is 9.19. The number of hydrogen-bond donors (Lipinski definition) is 1. The highest BCUT2D eigenvalue weighted by Crippen LogP contribution is 2.38. The number of thiazole rings is 1. The number of hydrogen-bond acceptors (Lipinski definition) is 4. The van der Waals surface area contributed by atoms with Gasteiger partial charge in [0, 0.05) is 23.2 Å². The van der Waals surface area contributed by atoms with Gasteiger partial charge in [0.05, 0.1) is 5.69 Å². The molecule has 100 valence electrons. The van der Waals surface area contributed by atoms with Crippen LogP contribution >= 0.6 is 11.3 Å². The lowest BCUT2D eigenvalue weighted by atomic mass is 9.97. The van der Waals surface area contributed by atoms with Crippen molar-refractivity contribution in [2.75, 3.05) is 12.3 Å². The number of para-hydroxylation sites is 1. The molecule has 4 heteroatoms. The third-order valence-corrected chi connectivity index (χ3v) is 4.75. The molecule has 3 nitrogen and oxygen atoms in total. The maximum Gasteiger partial charge on any atom is 0.125 e. The molecule has 3 rings (SSSR count). The van der Waals surface area contributed by atoms with Crippen molar-refractivity contribution in [3.05, 3.63) is 34.7 Å². The van der Waals surface area contributed by atoms with Gasteiger partial charge in [-0.2, -0.15) is 0 Å². The zero-order chi connectivity index (χ0) is 13.3. The Morgan fingerprint density at radius 3 is 2.89 bits per heavy atom. The average Bonchev–Trinajstić information content (AvgIpc) is 2.90. The van der Waals surface area contributed by atoms with Gasteiger partial charge >= 0.3 is 0 Å². The molecule has 1 aromatic heterocycles. The van der Waals surface area contributed by atoms with Crippen LogP contribution in [0.2, 0.25) is 0 Å². The summed E-state index contributed by atoms with van der Waals surface area (Å²) in [7, 11) is 0. The lowest BCUT2D eigenvalue weighted by molar-refractivity contribution is -0.0701. The highest BCUT2D eigenvalue weighted by Gasteiger charge is 2.33. The fourth-order valence-electron chi connectivity index (χ4n) is 2.47.